The standard InChI is InChI=1S/C10H11FO4S/c1-3-16(14,15)9-5-7(10(12)13)4-8(11)6(9)2/h4-5H,3H2,1-2H3,(H,12,13). The summed E-state index contributed by atoms with van der Waals surface area (Å²) in [4.78, 5) is 10.4. The molecule has 0 saturated heterocycles. The molecule has 0 fully saturated rings. The second kappa shape index (κ2) is 4.21. The van der Waals surface area contributed by atoms with Gasteiger partial charge in [0.25, 0.3) is 0 Å². The normalized spacial score (nSPS) is 11.4. The highest BCUT2D eigenvalue weighted by molar-refractivity contribution is 7.91. The maximum absolute atomic E-state index is 13.3. The Hall–Kier alpha value is -1.43. The summed E-state index contributed by atoms with van der Waals surface area (Å²) in [5.41, 5.74) is -0.415. The molecule has 6 heteroatoms. The van der Waals surface area contributed by atoms with Gasteiger partial charge in [0, 0.05) is 5.56 Å². The molecule has 0 unspecified atom stereocenters. The van der Waals surface area contributed by atoms with Crippen molar-refractivity contribution in [2.45, 2.75) is 18.7 Å². The summed E-state index contributed by atoms with van der Waals surface area (Å²) < 4.78 is 36.5. The molecule has 16 heavy (non-hydrogen) atoms. The van der Waals surface area contributed by atoms with Crippen molar-refractivity contribution >= 4 is 15.8 Å². The Labute approximate surface area is 92.6 Å². The van der Waals surface area contributed by atoms with Gasteiger partial charge in [0.15, 0.2) is 9.84 Å². The molecule has 1 rings (SSSR count). The summed E-state index contributed by atoms with van der Waals surface area (Å²) in [6.07, 6.45) is 0. The minimum atomic E-state index is -3.61. The Morgan fingerprint density at radius 2 is 2.00 bits per heavy atom. The van der Waals surface area contributed by atoms with Gasteiger partial charge in [-0.3, -0.25) is 0 Å². The number of halogens is 1. The number of carboxylic acid groups (broad SMARTS) is 1. The van der Waals surface area contributed by atoms with Crippen LogP contribution in [0.15, 0.2) is 17.0 Å². The second-order valence-corrected chi connectivity index (χ2v) is 5.54. The van der Waals surface area contributed by atoms with E-state index in [1.807, 2.05) is 0 Å². The van der Waals surface area contributed by atoms with Crippen molar-refractivity contribution < 1.29 is 22.7 Å². The van der Waals surface area contributed by atoms with Crippen molar-refractivity contribution in [3.05, 3.63) is 29.1 Å². The first kappa shape index (κ1) is 12.6. The van der Waals surface area contributed by atoms with E-state index in [9.17, 15) is 17.6 Å². The van der Waals surface area contributed by atoms with E-state index in [0.717, 1.165) is 12.1 Å². The molecule has 0 aliphatic rings. The predicted octanol–water partition coefficient (Wildman–Crippen LogP) is 1.63. The molecule has 0 atom stereocenters. The lowest BCUT2D eigenvalue weighted by molar-refractivity contribution is 0.0696. The third kappa shape index (κ3) is 2.21. The van der Waals surface area contributed by atoms with Crippen LogP contribution in [0.2, 0.25) is 0 Å². The molecule has 1 N–H and O–H groups in total. The van der Waals surface area contributed by atoms with Gasteiger partial charge in [0.05, 0.1) is 16.2 Å². The van der Waals surface area contributed by atoms with Crippen LogP contribution in [-0.4, -0.2) is 25.2 Å². The molecule has 4 nitrogen and oxygen atoms in total. The van der Waals surface area contributed by atoms with Gasteiger partial charge in [-0.1, -0.05) is 6.92 Å². The lowest BCUT2D eigenvalue weighted by Crippen LogP contribution is -2.09. The van der Waals surface area contributed by atoms with E-state index in [1.165, 1.54) is 13.8 Å². The van der Waals surface area contributed by atoms with E-state index < -0.39 is 21.6 Å². The molecule has 0 amide bonds. The lowest BCUT2D eigenvalue weighted by atomic mass is 10.1. The molecule has 0 heterocycles. The van der Waals surface area contributed by atoms with Crippen LogP contribution in [0.1, 0.15) is 22.8 Å². The third-order valence-corrected chi connectivity index (χ3v) is 4.11. The van der Waals surface area contributed by atoms with Gasteiger partial charge in [-0.2, -0.15) is 0 Å². The quantitative estimate of drug-likeness (QED) is 0.879. The average molecular weight is 246 g/mol. The van der Waals surface area contributed by atoms with Crippen LogP contribution in [-0.2, 0) is 9.84 Å². The number of hydrogen-bond acceptors (Lipinski definition) is 3. The van der Waals surface area contributed by atoms with Gasteiger partial charge in [0.2, 0.25) is 0 Å². The fourth-order valence-electron chi connectivity index (χ4n) is 1.26. The smallest absolute Gasteiger partial charge is 0.335 e. The Bertz CT molecular complexity index is 534. The summed E-state index contributed by atoms with van der Waals surface area (Å²) in [5.74, 6) is -2.38. The maximum atomic E-state index is 13.3. The average Bonchev–Trinajstić information content (AvgIpc) is 2.21. The SMILES string of the molecule is CCS(=O)(=O)c1cc(C(=O)O)cc(F)c1C. The molecule has 0 aliphatic carbocycles. The van der Waals surface area contributed by atoms with Crippen LogP contribution in [0, 0.1) is 12.7 Å². The van der Waals surface area contributed by atoms with Crippen LogP contribution < -0.4 is 0 Å². The molecule has 0 saturated carbocycles. The van der Waals surface area contributed by atoms with Crippen molar-refractivity contribution in [1.82, 2.24) is 0 Å². The first-order valence-corrected chi connectivity index (χ1v) is 6.21. The highest BCUT2D eigenvalue weighted by Gasteiger charge is 2.20. The summed E-state index contributed by atoms with van der Waals surface area (Å²) >= 11 is 0. The summed E-state index contributed by atoms with van der Waals surface area (Å²) in [7, 11) is -3.61. The van der Waals surface area contributed by atoms with Crippen LogP contribution in [0.3, 0.4) is 0 Å². The number of rotatable bonds is 3. The summed E-state index contributed by atoms with van der Waals surface area (Å²) in [6, 6.07) is 1.80. The highest BCUT2D eigenvalue weighted by atomic mass is 32.2. The van der Waals surface area contributed by atoms with Crippen molar-refractivity contribution in [1.29, 1.82) is 0 Å². The minimum Gasteiger partial charge on any atom is -0.478 e. The number of benzene rings is 1. The molecule has 1 aromatic carbocycles. The number of hydrogen-bond donors (Lipinski definition) is 1. The van der Waals surface area contributed by atoms with Crippen LogP contribution in [0.25, 0.3) is 0 Å². The van der Waals surface area contributed by atoms with Crippen molar-refractivity contribution in [2.75, 3.05) is 5.75 Å². The molecule has 88 valence electrons. The first-order chi connectivity index (χ1) is 7.29. The zero-order valence-corrected chi connectivity index (χ0v) is 9.64. The molecule has 1 aromatic rings. The first-order valence-electron chi connectivity index (χ1n) is 4.55. The van der Waals surface area contributed by atoms with Crippen LogP contribution >= 0.6 is 0 Å². The van der Waals surface area contributed by atoms with E-state index in [2.05, 4.69) is 0 Å². The zero-order valence-electron chi connectivity index (χ0n) is 8.82. The van der Waals surface area contributed by atoms with Crippen molar-refractivity contribution in [3.63, 3.8) is 0 Å². The molecule has 0 aromatic heterocycles. The molecular formula is C10H11FO4S. The summed E-state index contributed by atoms with van der Waals surface area (Å²) in [6.45, 7) is 2.73. The van der Waals surface area contributed by atoms with E-state index >= 15 is 0 Å². The largest absolute Gasteiger partial charge is 0.478 e. The minimum absolute atomic E-state index is 0.0492. The predicted molar refractivity (Wildman–Crippen MR) is 55.8 cm³/mol. The van der Waals surface area contributed by atoms with Gasteiger partial charge >= 0.3 is 5.97 Å². The zero-order chi connectivity index (χ0) is 12.5. The Morgan fingerprint density at radius 1 is 1.44 bits per heavy atom. The Morgan fingerprint density at radius 3 is 2.44 bits per heavy atom. The van der Waals surface area contributed by atoms with Crippen LogP contribution in [0.4, 0.5) is 4.39 Å². The van der Waals surface area contributed by atoms with E-state index in [-0.39, 0.29) is 21.8 Å². The Kier molecular flexibility index (Phi) is 3.32. The van der Waals surface area contributed by atoms with E-state index in [4.69, 9.17) is 5.11 Å². The van der Waals surface area contributed by atoms with Crippen LogP contribution in [0.5, 0.6) is 0 Å². The molecule has 0 bridgehead atoms. The number of aromatic carboxylic acids is 1. The third-order valence-electron chi connectivity index (χ3n) is 2.26. The number of sulfone groups is 1. The van der Waals surface area contributed by atoms with E-state index in [0.29, 0.717) is 0 Å². The fourth-order valence-corrected chi connectivity index (χ4v) is 2.44. The topological polar surface area (TPSA) is 71.4 Å². The van der Waals surface area contributed by atoms with Gasteiger partial charge in [-0.15, -0.1) is 0 Å². The molecule has 0 spiro atoms. The van der Waals surface area contributed by atoms with E-state index in [1.54, 1.807) is 0 Å². The molecular weight excluding hydrogens is 235 g/mol. The lowest BCUT2D eigenvalue weighted by Gasteiger charge is -2.08. The fraction of sp³-hybridized carbons (Fsp3) is 0.300. The van der Waals surface area contributed by atoms with Crippen molar-refractivity contribution in [3.8, 4) is 0 Å². The van der Waals surface area contributed by atoms with Gasteiger partial charge in [-0.25, -0.2) is 17.6 Å². The monoisotopic (exact) mass is 246 g/mol. The molecule has 0 aliphatic heterocycles. The Balaban J connectivity index is 3.57. The number of carbonyl (C=O) groups is 1. The van der Waals surface area contributed by atoms with Crippen molar-refractivity contribution in [2.24, 2.45) is 0 Å². The molecule has 0 radical (unpaired) electrons. The van der Waals surface area contributed by atoms with Gasteiger partial charge in [-0.05, 0) is 19.1 Å². The second-order valence-electron chi connectivity index (χ2n) is 3.29. The highest BCUT2D eigenvalue weighted by Crippen LogP contribution is 2.21. The van der Waals surface area contributed by atoms with Gasteiger partial charge < -0.3 is 5.11 Å². The summed E-state index contributed by atoms with van der Waals surface area (Å²) in [5, 5.41) is 8.70. The maximum Gasteiger partial charge on any atom is 0.335 e. The number of carboxylic acids is 1. The van der Waals surface area contributed by atoms with Gasteiger partial charge in [0.1, 0.15) is 5.82 Å².